The number of hydrogen-bond acceptors (Lipinski definition) is 3. The topological polar surface area (TPSA) is 29.3 Å². The number of oxazole rings is 1. The smallest absolute Gasteiger partial charge is 0.227 e. The number of nitrogens with zero attached hydrogens (tertiary/aromatic N) is 2. The third kappa shape index (κ3) is 5.19. The Morgan fingerprint density at radius 3 is 1.71 bits per heavy atom. The van der Waals surface area contributed by atoms with Crippen molar-refractivity contribution >= 4 is 60.5 Å². The molecule has 0 amide bonds. The number of rotatable bonds is 6. The van der Waals surface area contributed by atoms with Gasteiger partial charge in [-0.25, -0.2) is 4.98 Å². The van der Waals surface area contributed by atoms with Crippen molar-refractivity contribution in [2.75, 3.05) is 4.90 Å². The fourth-order valence-corrected chi connectivity index (χ4v) is 7.50. The Labute approximate surface area is 301 Å². The van der Waals surface area contributed by atoms with Crippen molar-refractivity contribution in [2.24, 2.45) is 0 Å². The predicted octanol–water partition coefficient (Wildman–Crippen LogP) is 13.8. The number of aromatic nitrogens is 1. The first kappa shape index (κ1) is 29.9. The van der Waals surface area contributed by atoms with Crippen LogP contribution in [0.15, 0.2) is 199 Å². The van der Waals surface area contributed by atoms with E-state index in [1.54, 1.807) is 0 Å². The van der Waals surface area contributed by atoms with Gasteiger partial charge in [0.15, 0.2) is 5.58 Å². The fraction of sp³-hybridized carbons (Fsp3) is 0. The molecule has 10 rings (SSSR count). The van der Waals surface area contributed by atoms with Crippen LogP contribution in [0.5, 0.6) is 0 Å². The quantitative estimate of drug-likeness (QED) is 0.177. The highest BCUT2D eigenvalue weighted by atomic mass is 16.3. The summed E-state index contributed by atoms with van der Waals surface area (Å²) >= 11 is 0. The van der Waals surface area contributed by atoms with Gasteiger partial charge in [-0.2, -0.15) is 0 Å². The zero-order valence-electron chi connectivity index (χ0n) is 28.3. The molecule has 0 atom stereocenters. The highest BCUT2D eigenvalue weighted by Gasteiger charge is 2.18. The first-order chi connectivity index (χ1) is 25.8. The first-order valence-corrected chi connectivity index (χ1v) is 17.6. The number of fused-ring (bicyclic) bond motifs is 4. The maximum atomic E-state index is 6.56. The molecule has 1 heterocycles. The Hall–Kier alpha value is -6.97. The molecule has 244 valence electrons. The summed E-state index contributed by atoms with van der Waals surface area (Å²) < 4.78 is 6.56. The van der Waals surface area contributed by atoms with Crippen molar-refractivity contribution in [3.63, 3.8) is 0 Å². The molecule has 0 saturated carbocycles. The molecule has 0 spiro atoms. The molecule has 10 aromatic rings. The van der Waals surface area contributed by atoms with Crippen LogP contribution in [-0.4, -0.2) is 4.98 Å². The first-order valence-electron chi connectivity index (χ1n) is 17.6. The van der Waals surface area contributed by atoms with E-state index < -0.39 is 0 Å². The molecule has 0 aliphatic carbocycles. The van der Waals surface area contributed by atoms with E-state index in [4.69, 9.17) is 9.40 Å². The van der Waals surface area contributed by atoms with Gasteiger partial charge in [0.25, 0.3) is 0 Å². The summed E-state index contributed by atoms with van der Waals surface area (Å²) in [7, 11) is 0. The lowest BCUT2D eigenvalue weighted by atomic mass is 10.0. The van der Waals surface area contributed by atoms with Crippen LogP contribution in [0, 0.1) is 0 Å². The molecule has 9 aromatic carbocycles. The zero-order valence-corrected chi connectivity index (χ0v) is 28.3. The van der Waals surface area contributed by atoms with Crippen LogP contribution < -0.4 is 4.90 Å². The Balaban J connectivity index is 1.05. The number of benzene rings is 9. The summed E-state index contributed by atoms with van der Waals surface area (Å²) in [5, 5.41) is 7.18. The normalized spacial score (nSPS) is 11.5. The van der Waals surface area contributed by atoms with E-state index in [1.165, 1.54) is 32.7 Å². The van der Waals surface area contributed by atoms with Crippen molar-refractivity contribution in [3.05, 3.63) is 194 Å². The van der Waals surface area contributed by atoms with E-state index in [-0.39, 0.29) is 0 Å². The minimum atomic E-state index is 0.630. The molecular formula is C49H32N2O. The summed E-state index contributed by atoms with van der Waals surface area (Å²) in [4.78, 5) is 7.29. The van der Waals surface area contributed by atoms with Crippen LogP contribution in [0.2, 0.25) is 0 Å². The SMILES string of the molecule is c1ccc2cc(-c3ccc(N(c4ccc(-c5cccc6nc(-c7cccc8ccccc78)oc56)cc4)c4cccc5ccccc45)cc3)ccc2c1. The van der Waals surface area contributed by atoms with Gasteiger partial charge in [-0.15, -0.1) is 0 Å². The second-order valence-electron chi connectivity index (χ2n) is 13.2. The second kappa shape index (κ2) is 12.4. The zero-order chi connectivity index (χ0) is 34.4. The van der Waals surface area contributed by atoms with Crippen molar-refractivity contribution in [1.29, 1.82) is 0 Å². The van der Waals surface area contributed by atoms with Crippen LogP contribution in [0.25, 0.3) is 77.1 Å². The molecule has 0 unspecified atom stereocenters. The van der Waals surface area contributed by atoms with E-state index >= 15 is 0 Å². The van der Waals surface area contributed by atoms with Crippen molar-refractivity contribution in [3.8, 4) is 33.7 Å². The van der Waals surface area contributed by atoms with E-state index in [0.29, 0.717) is 5.89 Å². The maximum absolute atomic E-state index is 6.56. The Kier molecular flexibility index (Phi) is 7.14. The lowest BCUT2D eigenvalue weighted by Crippen LogP contribution is -2.10. The molecule has 0 fully saturated rings. The van der Waals surface area contributed by atoms with Crippen LogP contribution >= 0.6 is 0 Å². The molecule has 3 heteroatoms. The van der Waals surface area contributed by atoms with Gasteiger partial charge in [0.1, 0.15) is 5.52 Å². The minimum Gasteiger partial charge on any atom is -0.435 e. The van der Waals surface area contributed by atoms with E-state index in [0.717, 1.165) is 55.6 Å². The summed E-state index contributed by atoms with van der Waals surface area (Å²) in [6, 6.07) is 68.8. The van der Waals surface area contributed by atoms with Crippen LogP contribution in [0.4, 0.5) is 17.1 Å². The monoisotopic (exact) mass is 664 g/mol. The highest BCUT2D eigenvalue weighted by Crippen LogP contribution is 2.41. The van der Waals surface area contributed by atoms with Gasteiger partial charge in [-0.1, -0.05) is 146 Å². The van der Waals surface area contributed by atoms with Gasteiger partial charge in [-0.3, -0.25) is 0 Å². The average molecular weight is 665 g/mol. The van der Waals surface area contributed by atoms with Crippen LogP contribution in [-0.2, 0) is 0 Å². The molecule has 52 heavy (non-hydrogen) atoms. The molecule has 0 aliphatic heterocycles. The van der Waals surface area contributed by atoms with Gasteiger partial charge in [0.2, 0.25) is 5.89 Å². The molecule has 0 radical (unpaired) electrons. The fourth-order valence-electron chi connectivity index (χ4n) is 7.50. The number of para-hydroxylation sites is 1. The predicted molar refractivity (Wildman–Crippen MR) is 218 cm³/mol. The lowest BCUT2D eigenvalue weighted by Gasteiger charge is -2.27. The standard InChI is InChI=1S/C49H32N2O/c1-2-13-38-32-39(23-22-33(38)10-1)34-24-28-40(29-25-34)51(47-21-8-15-36-12-4-6-17-43(36)47)41-30-26-37(27-31-41)44-18-9-20-46-48(44)52-49(50-46)45-19-7-14-35-11-3-5-16-42(35)45/h1-32H. The van der Waals surface area contributed by atoms with Crippen molar-refractivity contribution < 1.29 is 4.42 Å². The molecule has 0 saturated heterocycles. The summed E-state index contributed by atoms with van der Waals surface area (Å²) in [5.74, 6) is 0.630. The number of hydrogen-bond donors (Lipinski definition) is 0. The van der Waals surface area contributed by atoms with E-state index in [1.807, 2.05) is 6.07 Å². The second-order valence-corrected chi connectivity index (χ2v) is 13.2. The largest absolute Gasteiger partial charge is 0.435 e. The van der Waals surface area contributed by atoms with E-state index in [2.05, 4.69) is 193 Å². The Bertz CT molecular complexity index is 2890. The lowest BCUT2D eigenvalue weighted by molar-refractivity contribution is 0.621. The molecule has 3 nitrogen and oxygen atoms in total. The number of anilines is 3. The van der Waals surface area contributed by atoms with Crippen molar-refractivity contribution in [2.45, 2.75) is 0 Å². The highest BCUT2D eigenvalue weighted by molar-refractivity contribution is 6.00. The van der Waals surface area contributed by atoms with Gasteiger partial charge in [0, 0.05) is 27.9 Å². The molecule has 0 N–H and O–H groups in total. The molecule has 0 bridgehead atoms. The third-order valence-electron chi connectivity index (χ3n) is 10.1. The maximum Gasteiger partial charge on any atom is 0.227 e. The Morgan fingerprint density at radius 1 is 0.385 bits per heavy atom. The Morgan fingerprint density at radius 2 is 0.942 bits per heavy atom. The van der Waals surface area contributed by atoms with Crippen molar-refractivity contribution in [1.82, 2.24) is 4.98 Å². The van der Waals surface area contributed by atoms with Gasteiger partial charge in [0.05, 0.1) is 5.69 Å². The molecular weight excluding hydrogens is 633 g/mol. The van der Waals surface area contributed by atoms with Crippen LogP contribution in [0.3, 0.4) is 0 Å². The van der Waals surface area contributed by atoms with Gasteiger partial charge in [-0.05, 0) is 92.2 Å². The summed E-state index contributed by atoms with van der Waals surface area (Å²) in [6.45, 7) is 0. The van der Waals surface area contributed by atoms with Crippen LogP contribution in [0.1, 0.15) is 0 Å². The minimum absolute atomic E-state index is 0.630. The average Bonchev–Trinajstić information content (AvgIpc) is 3.66. The summed E-state index contributed by atoms with van der Waals surface area (Å²) in [6.07, 6.45) is 0. The summed E-state index contributed by atoms with van der Waals surface area (Å²) in [5.41, 5.74) is 10.4. The van der Waals surface area contributed by atoms with Gasteiger partial charge >= 0.3 is 0 Å². The third-order valence-corrected chi connectivity index (χ3v) is 10.1. The van der Waals surface area contributed by atoms with Gasteiger partial charge < -0.3 is 9.32 Å². The molecule has 1 aromatic heterocycles. The van der Waals surface area contributed by atoms with E-state index in [9.17, 15) is 0 Å². The molecule has 0 aliphatic rings.